The monoisotopic (exact) mass is 338 g/mol. The van der Waals surface area contributed by atoms with Gasteiger partial charge in [-0.1, -0.05) is 75.3 Å². The van der Waals surface area contributed by atoms with E-state index in [-0.39, 0.29) is 5.75 Å². The van der Waals surface area contributed by atoms with Crippen molar-refractivity contribution in [3.8, 4) is 0 Å². The highest BCUT2D eigenvalue weighted by Gasteiger charge is 2.12. The summed E-state index contributed by atoms with van der Waals surface area (Å²) in [7, 11) is -3.31. The highest BCUT2D eigenvalue weighted by molar-refractivity contribution is 7.91. The molecular weight excluding hydrogens is 308 g/mol. The molecule has 1 N–H and O–H groups in total. The van der Waals surface area contributed by atoms with Crippen molar-refractivity contribution in [1.29, 1.82) is 0 Å². The van der Waals surface area contributed by atoms with Gasteiger partial charge in [-0.15, -0.1) is 0 Å². The van der Waals surface area contributed by atoms with E-state index in [1.54, 1.807) is 36.4 Å². The molecule has 0 saturated carbocycles. The van der Waals surface area contributed by atoms with E-state index < -0.39 is 15.9 Å². The van der Waals surface area contributed by atoms with Crippen molar-refractivity contribution in [2.75, 3.05) is 5.75 Å². The van der Waals surface area contributed by atoms with Crippen LogP contribution >= 0.6 is 0 Å². The number of aliphatic hydroxyl groups is 1. The molecule has 130 valence electrons. The third kappa shape index (κ3) is 8.33. The third-order valence-electron chi connectivity index (χ3n) is 3.91. The highest BCUT2D eigenvalue weighted by atomic mass is 32.2. The van der Waals surface area contributed by atoms with Crippen molar-refractivity contribution in [3.63, 3.8) is 0 Å². The van der Waals surface area contributed by atoms with E-state index in [4.69, 9.17) is 0 Å². The smallest absolute Gasteiger partial charge is 0.181 e. The molecule has 3 nitrogen and oxygen atoms in total. The predicted molar refractivity (Wildman–Crippen MR) is 96.4 cm³/mol. The first kappa shape index (κ1) is 19.9. The summed E-state index contributed by atoms with van der Waals surface area (Å²) in [6, 6.07) is 6.85. The van der Waals surface area contributed by atoms with Crippen LogP contribution in [-0.4, -0.2) is 25.4 Å². The molecule has 0 spiro atoms. The Labute approximate surface area is 141 Å². The van der Waals surface area contributed by atoms with Gasteiger partial charge >= 0.3 is 0 Å². The average molecular weight is 339 g/mol. The topological polar surface area (TPSA) is 54.4 Å². The Balaban J connectivity index is 2.32. The van der Waals surface area contributed by atoms with Gasteiger partial charge in [0.25, 0.3) is 0 Å². The molecule has 0 radical (unpaired) electrons. The number of unbranched alkanes of at least 4 members (excludes halogenated alkanes) is 5. The van der Waals surface area contributed by atoms with Crippen LogP contribution in [0.3, 0.4) is 0 Å². The summed E-state index contributed by atoms with van der Waals surface area (Å²) in [5.41, 5.74) is 1.04. The van der Waals surface area contributed by atoms with Gasteiger partial charge in [0, 0.05) is 0 Å². The van der Waals surface area contributed by atoms with Gasteiger partial charge in [-0.05, 0) is 25.5 Å². The van der Waals surface area contributed by atoms with Gasteiger partial charge in [-0.25, -0.2) is 8.42 Å². The molecule has 0 amide bonds. The summed E-state index contributed by atoms with van der Waals surface area (Å²) in [6.45, 7) is 4.12. The molecule has 0 aromatic heterocycles. The maximum Gasteiger partial charge on any atom is 0.181 e. The van der Waals surface area contributed by atoms with Crippen molar-refractivity contribution in [2.24, 2.45) is 0 Å². The molecule has 1 aromatic rings. The molecule has 0 aliphatic heterocycles. The fraction of sp³-hybridized carbons (Fsp3) is 0.579. The van der Waals surface area contributed by atoms with Crippen LogP contribution in [0.25, 0.3) is 0 Å². The van der Waals surface area contributed by atoms with Gasteiger partial charge in [-0.3, -0.25) is 0 Å². The van der Waals surface area contributed by atoms with Crippen molar-refractivity contribution in [2.45, 2.75) is 69.8 Å². The Kier molecular flexibility index (Phi) is 9.19. The second-order valence-corrected chi connectivity index (χ2v) is 8.18. The molecule has 0 heterocycles. The summed E-state index contributed by atoms with van der Waals surface area (Å²) in [4.78, 5) is 0.332. The number of hydrogen-bond donors (Lipinski definition) is 1. The fourth-order valence-corrected chi connectivity index (χ4v) is 3.52. The SMILES string of the molecule is CCCCCCCCC(O)/C=C/CS(=O)(=O)c1ccc(C)cc1. The Morgan fingerprint density at radius 1 is 1.04 bits per heavy atom. The largest absolute Gasteiger partial charge is 0.389 e. The van der Waals surface area contributed by atoms with Gasteiger partial charge in [0.15, 0.2) is 9.84 Å². The van der Waals surface area contributed by atoms with Crippen LogP contribution in [-0.2, 0) is 9.84 Å². The van der Waals surface area contributed by atoms with E-state index >= 15 is 0 Å². The molecule has 0 bridgehead atoms. The van der Waals surface area contributed by atoms with E-state index in [9.17, 15) is 13.5 Å². The van der Waals surface area contributed by atoms with E-state index in [1.165, 1.54) is 25.7 Å². The second kappa shape index (κ2) is 10.6. The van der Waals surface area contributed by atoms with Crippen LogP contribution in [0.4, 0.5) is 0 Å². The summed E-state index contributed by atoms with van der Waals surface area (Å²) in [5, 5.41) is 9.87. The minimum Gasteiger partial charge on any atom is -0.389 e. The number of hydrogen-bond acceptors (Lipinski definition) is 3. The number of aryl methyl sites for hydroxylation is 1. The van der Waals surface area contributed by atoms with Crippen LogP contribution < -0.4 is 0 Å². The molecule has 0 aliphatic rings. The lowest BCUT2D eigenvalue weighted by Crippen LogP contribution is -2.07. The van der Waals surface area contributed by atoms with Crippen molar-refractivity contribution >= 4 is 9.84 Å². The summed E-state index contributed by atoms with van der Waals surface area (Å²) in [6.07, 6.45) is 10.4. The second-order valence-electron chi connectivity index (χ2n) is 6.15. The zero-order chi connectivity index (χ0) is 17.1. The Hall–Kier alpha value is -1.13. The van der Waals surface area contributed by atoms with Crippen LogP contribution in [0.2, 0.25) is 0 Å². The van der Waals surface area contributed by atoms with Gasteiger partial charge in [0.1, 0.15) is 0 Å². The van der Waals surface area contributed by atoms with Gasteiger partial charge in [-0.2, -0.15) is 0 Å². The van der Waals surface area contributed by atoms with E-state index in [2.05, 4.69) is 6.92 Å². The first-order chi connectivity index (χ1) is 11.0. The molecule has 0 aliphatic carbocycles. The lowest BCUT2D eigenvalue weighted by Gasteiger charge is -2.06. The maximum absolute atomic E-state index is 12.2. The lowest BCUT2D eigenvalue weighted by atomic mass is 10.1. The molecule has 0 saturated heterocycles. The van der Waals surface area contributed by atoms with Crippen molar-refractivity contribution in [1.82, 2.24) is 0 Å². The number of rotatable bonds is 11. The number of aliphatic hydroxyl groups excluding tert-OH is 1. The van der Waals surface area contributed by atoms with E-state index in [0.29, 0.717) is 11.3 Å². The average Bonchev–Trinajstić information content (AvgIpc) is 2.51. The Bertz CT molecular complexity index is 559. The van der Waals surface area contributed by atoms with Gasteiger partial charge in [0.05, 0.1) is 16.8 Å². The van der Waals surface area contributed by atoms with Crippen LogP contribution in [0, 0.1) is 6.92 Å². The Morgan fingerprint density at radius 3 is 2.30 bits per heavy atom. The molecule has 1 atom stereocenters. The molecule has 23 heavy (non-hydrogen) atoms. The van der Waals surface area contributed by atoms with Gasteiger partial charge < -0.3 is 5.11 Å². The number of benzene rings is 1. The first-order valence-electron chi connectivity index (χ1n) is 8.60. The molecule has 0 fully saturated rings. The summed E-state index contributed by atoms with van der Waals surface area (Å²) >= 11 is 0. The highest BCUT2D eigenvalue weighted by Crippen LogP contribution is 2.13. The third-order valence-corrected chi connectivity index (χ3v) is 5.53. The zero-order valence-electron chi connectivity index (χ0n) is 14.4. The van der Waals surface area contributed by atoms with Crippen molar-refractivity contribution < 1.29 is 13.5 Å². The van der Waals surface area contributed by atoms with Crippen LogP contribution in [0.5, 0.6) is 0 Å². The maximum atomic E-state index is 12.2. The molecule has 1 rings (SSSR count). The molecule has 4 heteroatoms. The zero-order valence-corrected chi connectivity index (χ0v) is 15.2. The van der Waals surface area contributed by atoms with Gasteiger partial charge in [0.2, 0.25) is 0 Å². The van der Waals surface area contributed by atoms with Crippen LogP contribution in [0.1, 0.15) is 57.4 Å². The number of sulfone groups is 1. The van der Waals surface area contributed by atoms with Crippen LogP contribution in [0.15, 0.2) is 41.3 Å². The van der Waals surface area contributed by atoms with E-state index in [1.807, 2.05) is 6.92 Å². The standard InChI is InChI=1S/C19H30O3S/c1-3-4-5-6-7-8-10-18(20)11-9-16-23(21,22)19-14-12-17(2)13-15-19/h9,11-15,18,20H,3-8,10,16H2,1-2H3/b11-9+. The minimum atomic E-state index is -3.31. The minimum absolute atomic E-state index is 0.0659. The normalized spacial score (nSPS) is 13.5. The summed E-state index contributed by atoms with van der Waals surface area (Å²) < 4.78 is 24.3. The quantitative estimate of drug-likeness (QED) is 0.479. The molecule has 1 aromatic carbocycles. The fourth-order valence-electron chi connectivity index (χ4n) is 2.41. The predicted octanol–water partition coefficient (Wildman–Crippen LogP) is 4.44. The first-order valence-corrected chi connectivity index (χ1v) is 10.2. The molecule has 1 unspecified atom stereocenters. The van der Waals surface area contributed by atoms with Crippen molar-refractivity contribution in [3.05, 3.63) is 42.0 Å². The Morgan fingerprint density at radius 2 is 1.65 bits per heavy atom. The van der Waals surface area contributed by atoms with E-state index in [0.717, 1.165) is 18.4 Å². The molecular formula is C19H30O3S. The lowest BCUT2D eigenvalue weighted by molar-refractivity contribution is 0.208. The summed E-state index contributed by atoms with van der Waals surface area (Å²) in [5.74, 6) is -0.0659.